The Hall–Kier alpha value is -2.37. The first-order chi connectivity index (χ1) is 9.61. The summed E-state index contributed by atoms with van der Waals surface area (Å²) in [6, 6.07) is 6.29. The standard InChI is InChI=1S/C14H17FN4O/c1-2-11-12(16)13(19-18-11)14(20)17-7-6-9-4-3-5-10(15)8-9/h3-5,8H,2,6-7,16H2,1H3,(H,17,20)(H,18,19). The van der Waals surface area contributed by atoms with E-state index >= 15 is 0 Å². The minimum Gasteiger partial charge on any atom is -0.395 e. The topological polar surface area (TPSA) is 83.8 Å². The summed E-state index contributed by atoms with van der Waals surface area (Å²) in [7, 11) is 0. The summed E-state index contributed by atoms with van der Waals surface area (Å²) < 4.78 is 13.0. The van der Waals surface area contributed by atoms with Crippen LogP contribution in [0.2, 0.25) is 0 Å². The number of anilines is 1. The summed E-state index contributed by atoms with van der Waals surface area (Å²) in [5, 5.41) is 9.36. The molecule has 0 radical (unpaired) electrons. The number of H-pyrrole nitrogens is 1. The van der Waals surface area contributed by atoms with Crippen molar-refractivity contribution < 1.29 is 9.18 Å². The van der Waals surface area contributed by atoms with Crippen LogP contribution in [0.5, 0.6) is 0 Å². The summed E-state index contributed by atoms with van der Waals surface area (Å²) in [4.78, 5) is 11.9. The number of aromatic nitrogens is 2. The molecule has 4 N–H and O–H groups in total. The fourth-order valence-corrected chi connectivity index (χ4v) is 1.93. The van der Waals surface area contributed by atoms with Crippen LogP contribution in [0.3, 0.4) is 0 Å². The molecule has 2 aromatic rings. The highest BCUT2D eigenvalue weighted by atomic mass is 19.1. The number of nitrogens with one attached hydrogen (secondary N) is 2. The molecule has 2 rings (SSSR count). The van der Waals surface area contributed by atoms with E-state index in [2.05, 4.69) is 15.5 Å². The van der Waals surface area contributed by atoms with Gasteiger partial charge in [-0.05, 0) is 30.5 Å². The van der Waals surface area contributed by atoms with Gasteiger partial charge in [0.15, 0.2) is 5.69 Å². The maximum absolute atomic E-state index is 13.0. The number of nitrogens with zero attached hydrogens (tertiary/aromatic N) is 1. The Bertz CT molecular complexity index is 609. The molecule has 1 aromatic carbocycles. The first kappa shape index (κ1) is 14.0. The number of hydrogen-bond acceptors (Lipinski definition) is 3. The summed E-state index contributed by atoms with van der Waals surface area (Å²) in [6.45, 7) is 2.32. The van der Waals surface area contributed by atoms with Crippen LogP contribution in [-0.4, -0.2) is 22.6 Å². The van der Waals surface area contributed by atoms with Crippen molar-refractivity contribution in [1.29, 1.82) is 0 Å². The lowest BCUT2D eigenvalue weighted by atomic mass is 10.1. The van der Waals surface area contributed by atoms with Gasteiger partial charge in [-0.3, -0.25) is 9.89 Å². The van der Waals surface area contributed by atoms with Crippen LogP contribution >= 0.6 is 0 Å². The normalized spacial score (nSPS) is 10.5. The van der Waals surface area contributed by atoms with E-state index in [1.807, 2.05) is 13.0 Å². The van der Waals surface area contributed by atoms with Crippen LogP contribution in [0.25, 0.3) is 0 Å². The van der Waals surface area contributed by atoms with E-state index in [9.17, 15) is 9.18 Å². The number of benzene rings is 1. The number of nitrogen functional groups attached to an aromatic ring is 1. The van der Waals surface area contributed by atoms with E-state index in [0.717, 1.165) is 11.3 Å². The minimum atomic E-state index is -0.324. The average Bonchev–Trinajstić information content (AvgIpc) is 2.80. The zero-order valence-corrected chi connectivity index (χ0v) is 11.2. The van der Waals surface area contributed by atoms with Gasteiger partial charge in [0.2, 0.25) is 0 Å². The Balaban J connectivity index is 1.90. The highest BCUT2D eigenvalue weighted by molar-refractivity contribution is 5.97. The van der Waals surface area contributed by atoms with Gasteiger partial charge in [-0.1, -0.05) is 19.1 Å². The van der Waals surface area contributed by atoms with Gasteiger partial charge in [0.1, 0.15) is 5.82 Å². The Morgan fingerprint density at radius 2 is 2.30 bits per heavy atom. The first-order valence-corrected chi connectivity index (χ1v) is 6.47. The lowest BCUT2D eigenvalue weighted by Crippen LogP contribution is -2.26. The number of rotatable bonds is 5. The van der Waals surface area contributed by atoms with Gasteiger partial charge in [0, 0.05) is 6.54 Å². The number of carbonyl (C=O) groups excluding carboxylic acids is 1. The van der Waals surface area contributed by atoms with Crippen LogP contribution in [0, 0.1) is 5.82 Å². The molecule has 5 nitrogen and oxygen atoms in total. The van der Waals surface area contributed by atoms with E-state index in [-0.39, 0.29) is 17.4 Å². The quantitative estimate of drug-likeness (QED) is 0.776. The number of aromatic amines is 1. The van der Waals surface area contributed by atoms with Crippen molar-refractivity contribution in [2.24, 2.45) is 0 Å². The van der Waals surface area contributed by atoms with Crippen LogP contribution in [0.1, 0.15) is 28.7 Å². The minimum absolute atomic E-state index is 0.209. The van der Waals surface area contributed by atoms with Gasteiger partial charge in [-0.25, -0.2) is 4.39 Å². The molecule has 0 aliphatic heterocycles. The number of hydrogen-bond donors (Lipinski definition) is 3. The molecule has 1 amide bonds. The fraction of sp³-hybridized carbons (Fsp3) is 0.286. The van der Waals surface area contributed by atoms with Crippen LogP contribution < -0.4 is 11.1 Å². The molecule has 6 heteroatoms. The molecule has 0 unspecified atom stereocenters. The molecular formula is C14H17FN4O. The molecule has 0 saturated heterocycles. The molecular weight excluding hydrogens is 259 g/mol. The van der Waals surface area contributed by atoms with E-state index in [1.54, 1.807) is 6.07 Å². The molecule has 106 valence electrons. The van der Waals surface area contributed by atoms with Gasteiger partial charge in [-0.2, -0.15) is 5.10 Å². The van der Waals surface area contributed by atoms with E-state index in [1.165, 1.54) is 12.1 Å². The van der Waals surface area contributed by atoms with Crippen molar-refractivity contribution in [2.75, 3.05) is 12.3 Å². The zero-order chi connectivity index (χ0) is 14.5. The molecule has 1 aromatic heterocycles. The second-order valence-electron chi connectivity index (χ2n) is 4.45. The lowest BCUT2D eigenvalue weighted by Gasteiger charge is -2.04. The predicted molar refractivity (Wildman–Crippen MR) is 74.8 cm³/mol. The summed E-state index contributed by atoms with van der Waals surface area (Å²) in [5.74, 6) is -0.604. The van der Waals surface area contributed by atoms with Crippen LogP contribution in [0.15, 0.2) is 24.3 Å². The van der Waals surface area contributed by atoms with Crippen molar-refractivity contribution in [3.8, 4) is 0 Å². The lowest BCUT2D eigenvalue weighted by molar-refractivity contribution is 0.0950. The smallest absolute Gasteiger partial charge is 0.273 e. The summed E-state index contributed by atoms with van der Waals surface area (Å²) in [5.41, 5.74) is 7.99. The molecule has 0 spiro atoms. The molecule has 0 aliphatic rings. The van der Waals surface area contributed by atoms with Gasteiger partial charge in [-0.15, -0.1) is 0 Å². The van der Waals surface area contributed by atoms with Crippen molar-refractivity contribution in [2.45, 2.75) is 19.8 Å². The number of aryl methyl sites for hydroxylation is 1. The molecule has 0 atom stereocenters. The average molecular weight is 276 g/mol. The molecule has 0 saturated carbocycles. The summed E-state index contributed by atoms with van der Waals surface area (Å²) >= 11 is 0. The van der Waals surface area contributed by atoms with Gasteiger partial charge in [0.25, 0.3) is 5.91 Å². The Morgan fingerprint density at radius 1 is 1.50 bits per heavy atom. The number of nitrogens with two attached hydrogens (primary N) is 1. The molecule has 0 fully saturated rings. The molecule has 20 heavy (non-hydrogen) atoms. The maximum atomic E-state index is 13.0. The number of carbonyl (C=O) groups is 1. The van der Waals surface area contributed by atoms with Gasteiger partial charge >= 0.3 is 0 Å². The Morgan fingerprint density at radius 3 is 2.95 bits per heavy atom. The second-order valence-corrected chi connectivity index (χ2v) is 4.45. The SMILES string of the molecule is CCc1[nH]nc(C(=O)NCCc2cccc(F)c2)c1N. The van der Waals surface area contributed by atoms with E-state index in [0.29, 0.717) is 25.1 Å². The molecule has 1 heterocycles. The Labute approximate surface area is 116 Å². The highest BCUT2D eigenvalue weighted by Crippen LogP contribution is 2.14. The van der Waals surface area contributed by atoms with Gasteiger partial charge < -0.3 is 11.1 Å². The number of amides is 1. The number of halogens is 1. The first-order valence-electron chi connectivity index (χ1n) is 6.47. The predicted octanol–water partition coefficient (Wildman–Crippen LogP) is 1.67. The van der Waals surface area contributed by atoms with Crippen molar-refractivity contribution >= 4 is 11.6 Å². The summed E-state index contributed by atoms with van der Waals surface area (Å²) in [6.07, 6.45) is 1.24. The zero-order valence-electron chi connectivity index (χ0n) is 11.2. The highest BCUT2D eigenvalue weighted by Gasteiger charge is 2.15. The second kappa shape index (κ2) is 6.18. The monoisotopic (exact) mass is 276 g/mol. The van der Waals surface area contributed by atoms with Crippen molar-refractivity contribution in [3.05, 3.63) is 47.0 Å². The Kier molecular flexibility index (Phi) is 4.34. The van der Waals surface area contributed by atoms with E-state index < -0.39 is 0 Å². The third-order valence-corrected chi connectivity index (χ3v) is 3.04. The van der Waals surface area contributed by atoms with Crippen LogP contribution in [-0.2, 0) is 12.8 Å². The van der Waals surface area contributed by atoms with Crippen molar-refractivity contribution in [3.63, 3.8) is 0 Å². The molecule has 0 aliphatic carbocycles. The van der Waals surface area contributed by atoms with Crippen LogP contribution in [0.4, 0.5) is 10.1 Å². The third-order valence-electron chi connectivity index (χ3n) is 3.04. The maximum Gasteiger partial charge on any atom is 0.273 e. The van der Waals surface area contributed by atoms with Gasteiger partial charge in [0.05, 0.1) is 11.4 Å². The van der Waals surface area contributed by atoms with E-state index in [4.69, 9.17) is 5.73 Å². The third kappa shape index (κ3) is 3.14. The molecule has 0 bridgehead atoms. The largest absolute Gasteiger partial charge is 0.395 e. The van der Waals surface area contributed by atoms with Crippen molar-refractivity contribution in [1.82, 2.24) is 15.5 Å². The fourth-order valence-electron chi connectivity index (χ4n) is 1.93.